The van der Waals surface area contributed by atoms with Crippen molar-refractivity contribution in [2.24, 2.45) is 5.73 Å². The molecule has 0 spiro atoms. The first-order chi connectivity index (χ1) is 6.95. The zero-order chi connectivity index (χ0) is 11.8. The van der Waals surface area contributed by atoms with Crippen LogP contribution in [0.3, 0.4) is 0 Å². The summed E-state index contributed by atoms with van der Waals surface area (Å²) in [5.74, 6) is 0. The summed E-state index contributed by atoms with van der Waals surface area (Å²) < 4.78 is 0. The first kappa shape index (κ1) is 14.0. The Bertz CT molecular complexity index is 214. The van der Waals surface area contributed by atoms with Gasteiger partial charge in [0.15, 0.2) is 0 Å². The molecule has 0 fully saturated rings. The van der Waals surface area contributed by atoms with Gasteiger partial charge in [-0.05, 0) is 26.2 Å². The van der Waals surface area contributed by atoms with Crippen molar-refractivity contribution in [1.82, 2.24) is 10.2 Å². The average molecular weight is 213 g/mol. The Balaban J connectivity index is 3.40. The third-order valence-electron chi connectivity index (χ3n) is 2.26. The number of nitrogens with zero attached hydrogens (tertiary/aromatic N) is 1. The van der Waals surface area contributed by atoms with Gasteiger partial charge in [-0.15, -0.1) is 0 Å². The van der Waals surface area contributed by atoms with E-state index in [1.807, 2.05) is 6.92 Å². The summed E-state index contributed by atoms with van der Waals surface area (Å²) in [6.07, 6.45) is 2.91. The predicted molar refractivity (Wildman–Crippen MR) is 63.7 cm³/mol. The molecule has 0 bridgehead atoms. The van der Waals surface area contributed by atoms with Crippen LogP contribution < -0.4 is 11.1 Å². The molecule has 88 valence electrons. The maximum Gasteiger partial charge on any atom is 0.316 e. The summed E-state index contributed by atoms with van der Waals surface area (Å²) in [7, 11) is 3.46. The number of nitrogens with two attached hydrogens (primary N) is 1. The molecule has 0 aliphatic carbocycles. The number of hydrogen-bond acceptors (Lipinski definition) is 2. The Labute approximate surface area is 92.5 Å². The fourth-order valence-corrected chi connectivity index (χ4v) is 1.09. The maximum absolute atomic E-state index is 11.1. The molecule has 0 rings (SSSR count). The van der Waals surface area contributed by atoms with E-state index in [0.29, 0.717) is 6.54 Å². The maximum atomic E-state index is 11.1. The molecule has 3 N–H and O–H groups in total. The second kappa shape index (κ2) is 7.29. The largest absolute Gasteiger partial charge is 0.338 e. The van der Waals surface area contributed by atoms with E-state index in [1.165, 1.54) is 4.90 Å². The number of urea groups is 1. The van der Waals surface area contributed by atoms with Crippen molar-refractivity contribution in [3.63, 3.8) is 0 Å². The van der Waals surface area contributed by atoms with E-state index in [1.54, 1.807) is 14.1 Å². The van der Waals surface area contributed by atoms with Crippen LogP contribution in [0, 0.1) is 0 Å². The van der Waals surface area contributed by atoms with Crippen LogP contribution in [0.1, 0.15) is 26.2 Å². The summed E-state index contributed by atoms with van der Waals surface area (Å²) in [4.78, 5) is 12.7. The molecular weight excluding hydrogens is 190 g/mol. The Hall–Kier alpha value is -1.03. The fourth-order valence-electron chi connectivity index (χ4n) is 1.09. The SMILES string of the molecule is C=C(C)[C@@H](N)CCCCNC(=O)N(C)C. The highest BCUT2D eigenvalue weighted by molar-refractivity contribution is 5.73. The van der Waals surface area contributed by atoms with Crippen LogP contribution in [0.4, 0.5) is 4.79 Å². The fraction of sp³-hybridized carbons (Fsp3) is 0.727. The topological polar surface area (TPSA) is 58.4 Å². The van der Waals surface area contributed by atoms with Gasteiger partial charge in [0.1, 0.15) is 0 Å². The van der Waals surface area contributed by atoms with Crippen molar-refractivity contribution in [3.8, 4) is 0 Å². The van der Waals surface area contributed by atoms with Gasteiger partial charge in [0.05, 0.1) is 0 Å². The highest BCUT2D eigenvalue weighted by Gasteiger charge is 2.03. The molecule has 0 heterocycles. The Morgan fingerprint density at radius 1 is 1.47 bits per heavy atom. The molecule has 0 aliphatic heterocycles. The van der Waals surface area contributed by atoms with E-state index in [-0.39, 0.29) is 12.1 Å². The molecule has 0 aromatic carbocycles. The zero-order valence-electron chi connectivity index (χ0n) is 10.0. The lowest BCUT2D eigenvalue weighted by Gasteiger charge is -2.13. The van der Waals surface area contributed by atoms with Crippen molar-refractivity contribution in [2.75, 3.05) is 20.6 Å². The van der Waals surface area contributed by atoms with Gasteiger partial charge < -0.3 is 16.0 Å². The highest BCUT2D eigenvalue weighted by Crippen LogP contribution is 2.04. The van der Waals surface area contributed by atoms with Crippen LogP contribution >= 0.6 is 0 Å². The molecule has 0 aromatic rings. The number of carbonyl (C=O) groups excluding carboxylic acids is 1. The smallest absolute Gasteiger partial charge is 0.316 e. The van der Waals surface area contributed by atoms with Gasteiger partial charge in [0.2, 0.25) is 0 Å². The molecule has 0 saturated carbocycles. The van der Waals surface area contributed by atoms with Crippen LogP contribution in [-0.4, -0.2) is 37.6 Å². The lowest BCUT2D eigenvalue weighted by atomic mass is 10.1. The van der Waals surface area contributed by atoms with E-state index in [2.05, 4.69) is 11.9 Å². The molecule has 2 amide bonds. The van der Waals surface area contributed by atoms with E-state index < -0.39 is 0 Å². The van der Waals surface area contributed by atoms with Crippen molar-refractivity contribution in [3.05, 3.63) is 12.2 Å². The van der Waals surface area contributed by atoms with Gasteiger partial charge in [-0.3, -0.25) is 0 Å². The van der Waals surface area contributed by atoms with Gasteiger partial charge in [-0.2, -0.15) is 0 Å². The summed E-state index contributed by atoms with van der Waals surface area (Å²) in [5, 5.41) is 2.81. The van der Waals surface area contributed by atoms with E-state index >= 15 is 0 Å². The number of hydrogen-bond donors (Lipinski definition) is 2. The molecule has 15 heavy (non-hydrogen) atoms. The van der Waals surface area contributed by atoms with Crippen LogP contribution in [0.5, 0.6) is 0 Å². The zero-order valence-corrected chi connectivity index (χ0v) is 10.0. The molecule has 0 aliphatic rings. The third-order valence-corrected chi connectivity index (χ3v) is 2.26. The van der Waals surface area contributed by atoms with Crippen molar-refractivity contribution >= 4 is 6.03 Å². The Kier molecular flexibility index (Phi) is 6.79. The summed E-state index contributed by atoms with van der Waals surface area (Å²) >= 11 is 0. The van der Waals surface area contributed by atoms with Crippen LogP contribution in [-0.2, 0) is 0 Å². The van der Waals surface area contributed by atoms with Crippen molar-refractivity contribution < 1.29 is 4.79 Å². The Morgan fingerprint density at radius 3 is 2.53 bits per heavy atom. The lowest BCUT2D eigenvalue weighted by Crippen LogP contribution is -2.35. The number of carbonyl (C=O) groups is 1. The van der Waals surface area contributed by atoms with Gasteiger partial charge in [0.25, 0.3) is 0 Å². The highest BCUT2D eigenvalue weighted by atomic mass is 16.2. The predicted octanol–water partition coefficient (Wildman–Crippen LogP) is 1.33. The quantitative estimate of drug-likeness (QED) is 0.516. The number of rotatable bonds is 6. The Morgan fingerprint density at radius 2 is 2.07 bits per heavy atom. The standard InChI is InChI=1S/C11H23N3O/c1-9(2)10(12)7-5-6-8-13-11(15)14(3)4/h10H,1,5-8,12H2,2-4H3,(H,13,15)/t10-/m0/s1. The molecule has 0 aromatic heterocycles. The first-order valence-electron chi connectivity index (χ1n) is 5.31. The summed E-state index contributed by atoms with van der Waals surface area (Å²) in [6.45, 7) is 6.46. The summed E-state index contributed by atoms with van der Waals surface area (Å²) in [5.41, 5.74) is 6.83. The minimum absolute atomic E-state index is 0.0424. The minimum Gasteiger partial charge on any atom is -0.338 e. The molecular formula is C11H23N3O. The van der Waals surface area contributed by atoms with Crippen molar-refractivity contribution in [2.45, 2.75) is 32.2 Å². The van der Waals surface area contributed by atoms with E-state index in [0.717, 1.165) is 24.8 Å². The van der Waals surface area contributed by atoms with Gasteiger partial charge in [-0.1, -0.05) is 12.2 Å². The number of nitrogens with one attached hydrogen (secondary N) is 1. The summed E-state index contributed by atoms with van der Waals surface area (Å²) in [6, 6.07) is 0.0498. The molecule has 4 nitrogen and oxygen atoms in total. The van der Waals surface area contributed by atoms with E-state index in [9.17, 15) is 4.79 Å². The normalized spacial score (nSPS) is 12.0. The van der Waals surface area contributed by atoms with Crippen LogP contribution in [0.25, 0.3) is 0 Å². The number of unbranched alkanes of at least 4 members (excludes halogenated alkanes) is 1. The third kappa shape index (κ3) is 6.96. The molecule has 0 unspecified atom stereocenters. The first-order valence-corrected chi connectivity index (χ1v) is 5.31. The monoisotopic (exact) mass is 213 g/mol. The van der Waals surface area contributed by atoms with Crippen LogP contribution in [0.2, 0.25) is 0 Å². The van der Waals surface area contributed by atoms with Crippen molar-refractivity contribution in [1.29, 1.82) is 0 Å². The molecule has 0 radical (unpaired) electrons. The van der Waals surface area contributed by atoms with Crippen LogP contribution in [0.15, 0.2) is 12.2 Å². The van der Waals surface area contributed by atoms with E-state index in [4.69, 9.17) is 5.73 Å². The second-order valence-electron chi connectivity index (χ2n) is 4.07. The minimum atomic E-state index is -0.0424. The average Bonchev–Trinajstić information content (AvgIpc) is 2.16. The van der Waals surface area contributed by atoms with Gasteiger partial charge >= 0.3 is 6.03 Å². The molecule has 1 atom stereocenters. The van der Waals surface area contributed by atoms with Gasteiger partial charge in [0, 0.05) is 26.7 Å². The second-order valence-corrected chi connectivity index (χ2v) is 4.07. The molecule has 0 saturated heterocycles. The molecule has 4 heteroatoms. The lowest BCUT2D eigenvalue weighted by molar-refractivity contribution is 0.217. The van der Waals surface area contributed by atoms with Gasteiger partial charge in [-0.25, -0.2) is 4.79 Å². The number of amides is 2.